The van der Waals surface area contributed by atoms with Gasteiger partial charge in [0.15, 0.2) is 10.9 Å². The largest absolute Gasteiger partial charge is 0.465 e. The van der Waals surface area contributed by atoms with E-state index in [1.807, 2.05) is 0 Å². The second kappa shape index (κ2) is 9.49. The van der Waals surface area contributed by atoms with Crippen LogP contribution in [0.3, 0.4) is 0 Å². The van der Waals surface area contributed by atoms with E-state index in [0.717, 1.165) is 0 Å². The number of thioether (sulfide) groups is 1. The highest BCUT2D eigenvalue weighted by Gasteiger charge is 2.16. The number of hydrogen-bond acceptors (Lipinski definition) is 6. The van der Waals surface area contributed by atoms with Crippen molar-refractivity contribution in [2.24, 2.45) is 0 Å². The molecule has 0 radical (unpaired) electrons. The Balaban J connectivity index is 1.71. The van der Waals surface area contributed by atoms with Gasteiger partial charge < -0.3 is 10.1 Å². The van der Waals surface area contributed by atoms with Gasteiger partial charge in [-0.3, -0.25) is 4.79 Å². The number of carbonyl (C=O) groups excluding carboxylic acids is 2. The molecule has 148 valence electrons. The zero-order valence-electron chi connectivity index (χ0n) is 15.2. The predicted molar refractivity (Wildman–Crippen MR) is 109 cm³/mol. The lowest BCUT2D eigenvalue weighted by molar-refractivity contribution is 0.0600. The summed E-state index contributed by atoms with van der Waals surface area (Å²) in [6.45, 7) is 0. The van der Waals surface area contributed by atoms with Crippen LogP contribution in [0.2, 0.25) is 5.02 Å². The van der Waals surface area contributed by atoms with Crippen molar-refractivity contribution >= 4 is 40.9 Å². The lowest BCUT2D eigenvalue weighted by atomic mass is 10.2. The van der Waals surface area contributed by atoms with E-state index in [1.165, 1.54) is 43.3 Å². The number of hydrogen-bond donors (Lipinski definition) is 1. The molecule has 3 aromatic rings. The summed E-state index contributed by atoms with van der Waals surface area (Å²) >= 11 is 7.26. The molecule has 0 aliphatic carbocycles. The smallest absolute Gasteiger partial charge is 0.337 e. The molecule has 1 amide bonds. The highest BCUT2D eigenvalue weighted by molar-refractivity contribution is 7.98. The minimum Gasteiger partial charge on any atom is -0.465 e. The average molecular weight is 432 g/mol. The normalized spacial score (nSPS) is 10.4. The third-order valence-corrected chi connectivity index (χ3v) is 5.00. The topological polar surface area (TPSA) is 81.2 Å². The molecule has 0 saturated heterocycles. The third-order valence-electron chi connectivity index (χ3n) is 3.82. The van der Waals surface area contributed by atoms with E-state index < -0.39 is 11.9 Å². The lowest BCUT2D eigenvalue weighted by Crippen LogP contribution is -2.15. The van der Waals surface area contributed by atoms with Gasteiger partial charge in [-0.05, 0) is 35.9 Å². The molecule has 9 heteroatoms. The van der Waals surface area contributed by atoms with Crippen LogP contribution in [-0.4, -0.2) is 29.0 Å². The molecule has 0 saturated carbocycles. The fraction of sp³-hybridized carbons (Fsp3) is 0.100. The fourth-order valence-electron chi connectivity index (χ4n) is 2.34. The fourth-order valence-corrected chi connectivity index (χ4v) is 3.31. The molecular formula is C20H15ClFN3O3S. The monoisotopic (exact) mass is 431 g/mol. The highest BCUT2D eigenvalue weighted by Crippen LogP contribution is 2.24. The Morgan fingerprint density at radius 1 is 1.17 bits per heavy atom. The molecule has 3 rings (SSSR count). The number of nitrogens with zero attached hydrogens (tertiary/aromatic N) is 2. The molecule has 0 atom stereocenters. The van der Waals surface area contributed by atoms with Gasteiger partial charge in [-0.1, -0.05) is 41.6 Å². The minimum atomic E-state index is -0.532. The molecule has 0 aliphatic heterocycles. The second-order valence-electron chi connectivity index (χ2n) is 5.75. The summed E-state index contributed by atoms with van der Waals surface area (Å²) in [5.41, 5.74) is 1.32. The first-order chi connectivity index (χ1) is 14.0. The number of benzene rings is 2. The summed E-state index contributed by atoms with van der Waals surface area (Å²) < 4.78 is 18.4. The summed E-state index contributed by atoms with van der Waals surface area (Å²) in [5.74, 6) is -1.01. The summed E-state index contributed by atoms with van der Waals surface area (Å²) in [4.78, 5) is 32.3. The van der Waals surface area contributed by atoms with E-state index in [1.54, 1.807) is 30.3 Å². The molecule has 1 heterocycles. The average Bonchev–Trinajstić information content (AvgIpc) is 2.74. The van der Waals surface area contributed by atoms with Gasteiger partial charge in [0.05, 0.1) is 23.9 Å². The van der Waals surface area contributed by atoms with Crippen LogP contribution in [-0.2, 0) is 10.5 Å². The van der Waals surface area contributed by atoms with Gasteiger partial charge in [-0.25, -0.2) is 19.2 Å². The van der Waals surface area contributed by atoms with Gasteiger partial charge in [-0.2, -0.15) is 0 Å². The van der Waals surface area contributed by atoms with Crippen molar-refractivity contribution in [2.45, 2.75) is 10.9 Å². The van der Waals surface area contributed by atoms with Gasteiger partial charge in [0.25, 0.3) is 5.91 Å². The van der Waals surface area contributed by atoms with Crippen LogP contribution >= 0.6 is 23.4 Å². The summed E-state index contributed by atoms with van der Waals surface area (Å²) in [5, 5.41) is 3.04. The molecule has 1 N–H and O–H groups in total. The van der Waals surface area contributed by atoms with E-state index in [9.17, 15) is 14.0 Å². The van der Waals surface area contributed by atoms with Gasteiger partial charge in [-0.15, -0.1) is 0 Å². The zero-order valence-corrected chi connectivity index (χ0v) is 16.8. The Kier molecular flexibility index (Phi) is 6.79. The van der Waals surface area contributed by atoms with Gasteiger partial charge >= 0.3 is 5.97 Å². The zero-order chi connectivity index (χ0) is 20.8. The van der Waals surface area contributed by atoms with Crippen molar-refractivity contribution < 1.29 is 18.7 Å². The quantitative estimate of drug-likeness (QED) is 0.349. The Morgan fingerprint density at radius 3 is 2.59 bits per heavy atom. The van der Waals surface area contributed by atoms with Gasteiger partial charge in [0.2, 0.25) is 0 Å². The number of anilines is 1. The van der Waals surface area contributed by atoms with Crippen LogP contribution < -0.4 is 5.32 Å². The maximum atomic E-state index is 13.7. The minimum absolute atomic E-state index is 0.00487. The van der Waals surface area contributed by atoms with Crippen LogP contribution in [0, 0.1) is 5.82 Å². The summed E-state index contributed by atoms with van der Waals surface area (Å²) in [7, 11) is 1.29. The van der Waals surface area contributed by atoms with E-state index in [4.69, 9.17) is 11.6 Å². The van der Waals surface area contributed by atoms with Crippen LogP contribution in [0.25, 0.3) is 0 Å². The van der Waals surface area contributed by atoms with Crippen molar-refractivity contribution in [1.29, 1.82) is 0 Å². The predicted octanol–water partition coefficient (Wildman–Crippen LogP) is 4.60. The summed E-state index contributed by atoms with van der Waals surface area (Å²) in [6.07, 6.45) is 1.33. The number of ether oxygens (including phenoxy) is 1. The number of nitrogens with one attached hydrogen (secondary N) is 1. The maximum Gasteiger partial charge on any atom is 0.337 e. The van der Waals surface area contributed by atoms with Crippen molar-refractivity contribution in [3.05, 3.63) is 82.4 Å². The molecule has 0 aliphatic rings. The maximum absolute atomic E-state index is 13.7. The molecule has 0 bridgehead atoms. The van der Waals surface area contributed by atoms with Crippen LogP contribution in [0.4, 0.5) is 10.1 Å². The Hall–Kier alpha value is -2.97. The van der Waals surface area contributed by atoms with Crippen molar-refractivity contribution in [3.63, 3.8) is 0 Å². The Bertz CT molecular complexity index is 1050. The number of esters is 1. The summed E-state index contributed by atoms with van der Waals surface area (Å²) in [6, 6.07) is 12.6. The lowest BCUT2D eigenvalue weighted by Gasteiger charge is -2.08. The molecule has 29 heavy (non-hydrogen) atoms. The first-order valence-electron chi connectivity index (χ1n) is 8.36. The first kappa shape index (κ1) is 20.8. The van der Waals surface area contributed by atoms with E-state index in [0.29, 0.717) is 27.7 Å². The number of rotatable bonds is 6. The van der Waals surface area contributed by atoms with Gasteiger partial charge in [0.1, 0.15) is 5.82 Å². The van der Waals surface area contributed by atoms with E-state index in [2.05, 4.69) is 20.0 Å². The van der Waals surface area contributed by atoms with E-state index in [-0.39, 0.29) is 16.5 Å². The highest BCUT2D eigenvalue weighted by atomic mass is 35.5. The Morgan fingerprint density at radius 2 is 1.90 bits per heavy atom. The SMILES string of the molecule is COC(=O)c1ccc(NC(=O)c2nc(SCc3ccccc3F)ncc2Cl)cc1. The number of halogens is 2. The second-order valence-corrected chi connectivity index (χ2v) is 7.10. The molecule has 1 aromatic heterocycles. The van der Waals surface area contributed by atoms with Crippen molar-refractivity contribution in [2.75, 3.05) is 12.4 Å². The standard InChI is InChI=1S/C20H15ClFN3O3S/c1-28-19(27)12-6-8-14(9-7-12)24-18(26)17-15(21)10-23-20(25-17)29-11-13-4-2-3-5-16(13)22/h2-10H,11H2,1H3,(H,24,26). The Labute approximate surface area is 175 Å². The number of amides is 1. The van der Waals surface area contributed by atoms with Crippen LogP contribution in [0.15, 0.2) is 59.9 Å². The third kappa shape index (κ3) is 5.30. The molecular weight excluding hydrogens is 417 g/mol. The number of carbonyl (C=O) groups is 2. The van der Waals surface area contributed by atoms with Crippen LogP contribution in [0.5, 0.6) is 0 Å². The molecule has 0 unspecified atom stereocenters. The number of methoxy groups -OCH3 is 1. The van der Waals surface area contributed by atoms with Crippen molar-refractivity contribution in [3.8, 4) is 0 Å². The molecule has 6 nitrogen and oxygen atoms in total. The number of aromatic nitrogens is 2. The van der Waals surface area contributed by atoms with Crippen LogP contribution in [0.1, 0.15) is 26.4 Å². The molecule has 0 spiro atoms. The molecule has 0 fully saturated rings. The van der Waals surface area contributed by atoms with Gasteiger partial charge in [0, 0.05) is 11.4 Å². The first-order valence-corrected chi connectivity index (χ1v) is 9.72. The van der Waals surface area contributed by atoms with E-state index >= 15 is 0 Å². The molecule has 2 aromatic carbocycles. The van der Waals surface area contributed by atoms with Crippen molar-refractivity contribution in [1.82, 2.24) is 9.97 Å².